The van der Waals surface area contributed by atoms with Gasteiger partial charge in [-0.2, -0.15) is 0 Å². The van der Waals surface area contributed by atoms with E-state index >= 15 is 0 Å². The molecule has 88 valence electrons. The maximum atomic E-state index is 13.6. The van der Waals surface area contributed by atoms with Crippen LogP contribution in [-0.4, -0.2) is 13.1 Å². The zero-order valence-corrected chi connectivity index (χ0v) is 9.47. The predicted molar refractivity (Wildman–Crippen MR) is 60.4 cm³/mol. The van der Waals surface area contributed by atoms with Crippen molar-refractivity contribution >= 4 is 0 Å². The number of halogens is 2. The standard InChI is InChI=1S/C13H17F2N/c1-9(10-3-2-6-16-8-10)12-5-4-11(14)7-13(12)15/h4-5,7,9-10,16H,2-3,6,8H2,1H3. The van der Waals surface area contributed by atoms with E-state index in [1.165, 1.54) is 6.07 Å². The highest BCUT2D eigenvalue weighted by Gasteiger charge is 2.23. The molecular formula is C13H17F2N. The van der Waals surface area contributed by atoms with Gasteiger partial charge in [-0.25, -0.2) is 8.78 Å². The smallest absolute Gasteiger partial charge is 0.129 e. The van der Waals surface area contributed by atoms with E-state index in [1.54, 1.807) is 6.07 Å². The number of nitrogens with one attached hydrogen (secondary N) is 1. The molecular weight excluding hydrogens is 208 g/mol. The monoisotopic (exact) mass is 225 g/mol. The molecule has 16 heavy (non-hydrogen) atoms. The molecule has 0 amide bonds. The number of piperidine rings is 1. The third-order valence-electron chi connectivity index (χ3n) is 3.50. The molecule has 3 heteroatoms. The Balaban J connectivity index is 2.15. The first-order valence-electron chi connectivity index (χ1n) is 5.84. The summed E-state index contributed by atoms with van der Waals surface area (Å²) in [5.41, 5.74) is 0.634. The van der Waals surface area contributed by atoms with Crippen molar-refractivity contribution in [3.05, 3.63) is 35.4 Å². The molecule has 1 saturated heterocycles. The minimum Gasteiger partial charge on any atom is -0.316 e. The Morgan fingerprint density at radius 3 is 2.81 bits per heavy atom. The summed E-state index contributed by atoms with van der Waals surface area (Å²) in [6, 6.07) is 3.89. The predicted octanol–water partition coefficient (Wildman–Crippen LogP) is 3.07. The number of rotatable bonds is 2. The molecule has 0 aliphatic carbocycles. The number of benzene rings is 1. The molecule has 1 aromatic carbocycles. The fourth-order valence-corrected chi connectivity index (χ4v) is 2.43. The second kappa shape index (κ2) is 4.91. The summed E-state index contributed by atoms with van der Waals surface area (Å²) in [6.45, 7) is 4.00. The molecule has 2 rings (SSSR count). The van der Waals surface area contributed by atoms with Gasteiger partial charge in [-0.3, -0.25) is 0 Å². The SMILES string of the molecule is CC(c1ccc(F)cc1F)C1CCCNC1. The van der Waals surface area contributed by atoms with Gasteiger partial charge in [0.25, 0.3) is 0 Å². The van der Waals surface area contributed by atoms with Crippen molar-refractivity contribution in [1.29, 1.82) is 0 Å². The lowest BCUT2D eigenvalue weighted by Crippen LogP contribution is -2.32. The van der Waals surface area contributed by atoms with Crippen LogP contribution in [0.4, 0.5) is 8.78 Å². The molecule has 0 aromatic heterocycles. The van der Waals surface area contributed by atoms with E-state index in [4.69, 9.17) is 0 Å². The van der Waals surface area contributed by atoms with Crippen LogP contribution in [0, 0.1) is 17.6 Å². The molecule has 1 aliphatic rings. The van der Waals surface area contributed by atoms with Gasteiger partial charge in [0.2, 0.25) is 0 Å². The summed E-state index contributed by atoms with van der Waals surface area (Å²) in [4.78, 5) is 0. The maximum Gasteiger partial charge on any atom is 0.129 e. The molecule has 1 N–H and O–H groups in total. The minimum absolute atomic E-state index is 0.147. The molecule has 1 heterocycles. The van der Waals surface area contributed by atoms with E-state index in [0.717, 1.165) is 32.0 Å². The molecule has 0 saturated carbocycles. The zero-order chi connectivity index (χ0) is 11.5. The highest BCUT2D eigenvalue weighted by Crippen LogP contribution is 2.30. The van der Waals surface area contributed by atoms with E-state index in [2.05, 4.69) is 5.32 Å². The summed E-state index contributed by atoms with van der Waals surface area (Å²) in [7, 11) is 0. The van der Waals surface area contributed by atoms with Crippen molar-refractivity contribution in [2.24, 2.45) is 5.92 Å². The minimum atomic E-state index is -0.504. The van der Waals surface area contributed by atoms with E-state index in [1.807, 2.05) is 6.92 Å². The Bertz CT molecular complexity index is 359. The van der Waals surface area contributed by atoms with E-state index < -0.39 is 11.6 Å². The normalized spacial score (nSPS) is 23.1. The van der Waals surface area contributed by atoms with Crippen molar-refractivity contribution in [2.75, 3.05) is 13.1 Å². The first-order valence-corrected chi connectivity index (χ1v) is 5.84. The molecule has 0 spiro atoms. The van der Waals surface area contributed by atoms with Gasteiger partial charge in [0.05, 0.1) is 0 Å². The van der Waals surface area contributed by atoms with Crippen LogP contribution in [0.5, 0.6) is 0 Å². The summed E-state index contributed by atoms with van der Waals surface area (Å²) in [6.07, 6.45) is 2.25. The van der Waals surface area contributed by atoms with Gasteiger partial charge in [-0.05, 0) is 49.4 Å². The van der Waals surface area contributed by atoms with Gasteiger partial charge in [0, 0.05) is 6.07 Å². The van der Waals surface area contributed by atoms with Gasteiger partial charge < -0.3 is 5.32 Å². The average Bonchev–Trinajstić information content (AvgIpc) is 2.29. The molecule has 2 unspecified atom stereocenters. The van der Waals surface area contributed by atoms with Gasteiger partial charge >= 0.3 is 0 Å². The van der Waals surface area contributed by atoms with E-state index in [9.17, 15) is 8.78 Å². The Morgan fingerprint density at radius 2 is 2.19 bits per heavy atom. The molecule has 0 bridgehead atoms. The average molecular weight is 225 g/mol. The van der Waals surface area contributed by atoms with Crippen molar-refractivity contribution in [2.45, 2.75) is 25.7 Å². The quantitative estimate of drug-likeness (QED) is 0.815. The maximum absolute atomic E-state index is 13.6. The second-order valence-electron chi connectivity index (χ2n) is 4.56. The van der Waals surface area contributed by atoms with Gasteiger partial charge in [0.1, 0.15) is 11.6 Å². The molecule has 1 aliphatic heterocycles. The van der Waals surface area contributed by atoms with E-state index in [0.29, 0.717) is 11.5 Å². The molecule has 0 radical (unpaired) electrons. The van der Waals surface area contributed by atoms with Gasteiger partial charge in [-0.15, -0.1) is 0 Å². The Hall–Kier alpha value is -0.960. The van der Waals surface area contributed by atoms with Crippen LogP contribution < -0.4 is 5.32 Å². The van der Waals surface area contributed by atoms with Crippen LogP contribution in [-0.2, 0) is 0 Å². The van der Waals surface area contributed by atoms with Crippen molar-refractivity contribution < 1.29 is 8.78 Å². The van der Waals surface area contributed by atoms with Crippen LogP contribution in [0.15, 0.2) is 18.2 Å². The number of hydrogen-bond acceptors (Lipinski definition) is 1. The van der Waals surface area contributed by atoms with Crippen molar-refractivity contribution in [3.63, 3.8) is 0 Å². The fourth-order valence-electron chi connectivity index (χ4n) is 2.43. The van der Waals surface area contributed by atoms with Crippen molar-refractivity contribution in [3.8, 4) is 0 Å². The third-order valence-corrected chi connectivity index (χ3v) is 3.50. The van der Waals surface area contributed by atoms with Crippen molar-refractivity contribution in [1.82, 2.24) is 5.32 Å². The highest BCUT2D eigenvalue weighted by molar-refractivity contribution is 5.23. The van der Waals surface area contributed by atoms with Crippen LogP contribution in [0.2, 0.25) is 0 Å². The second-order valence-corrected chi connectivity index (χ2v) is 4.56. The van der Waals surface area contributed by atoms with E-state index in [-0.39, 0.29) is 5.92 Å². The van der Waals surface area contributed by atoms with Gasteiger partial charge in [-0.1, -0.05) is 13.0 Å². The summed E-state index contributed by atoms with van der Waals surface area (Å²) in [5.74, 6) is -0.324. The van der Waals surface area contributed by atoms with Crippen LogP contribution >= 0.6 is 0 Å². The van der Waals surface area contributed by atoms with Crippen LogP contribution in [0.25, 0.3) is 0 Å². The lowest BCUT2D eigenvalue weighted by molar-refractivity contribution is 0.329. The first-order chi connectivity index (χ1) is 7.68. The molecule has 2 atom stereocenters. The fraction of sp³-hybridized carbons (Fsp3) is 0.538. The Kier molecular flexibility index (Phi) is 3.54. The molecule has 1 fully saturated rings. The summed E-state index contributed by atoms with van der Waals surface area (Å²) >= 11 is 0. The number of hydrogen-bond donors (Lipinski definition) is 1. The van der Waals surface area contributed by atoms with Crippen LogP contribution in [0.1, 0.15) is 31.2 Å². The Morgan fingerprint density at radius 1 is 1.38 bits per heavy atom. The lowest BCUT2D eigenvalue weighted by atomic mass is 9.83. The molecule has 1 nitrogen and oxygen atoms in total. The van der Waals surface area contributed by atoms with Gasteiger partial charge in [0.15, 0.2) is 0 Å². The summed E-state index contributed by atoms with van der Waals surface area (Å²) < 4.78 is 26.4. The Labute approximate surface area is 94.9 Å². The molecule has 1 aromatic rings. The lowest BCUT2D eigenvalue weighted by Gasteiger charge is -2.28. The zero-order valence-electron chi connectivity index (χ0n) is 9.47. The highest BCUT2D eigenvalue weighted by atomic mass is 19.1. The topological polar surface area (TPSA) is 12.0 Å². The third kappa shape index (κ3) is 2.40. The summed E-state index contributed by atoms with van der Waals surface area (Å²) in [5, 5.41) is 3.32. The van der Waals surface area contributed by atoms with Crippen LogP contribution in [0.3, 0.4) is 0 Å². The first kappa shape index (κ1) is 11.5. The largest absolute Gasteiger partial charge is 0.316 e.